The Morgan fingerprint density at radius 3 is 2.60 bits per heavy atom. The number of nitrogens with zero attached hydrogens (tertiary/aromatic N) is 3. The molecular weight excluding hydrogens is 400 g/mol. The molecule has 0 saturated carbocycles. The van der Waals surface area contributed by atoms with Crippen LogP contribution in [-0.2, 0) is 17.7 Å². The standard InChI is InChI=1S/C23H23ClN4O2/c1-4-20-21(16-6-8-17(26)9-7-16)19(11-25)14(3)28(20)13-15-10-18(22(24)27-12-15)23(29)30-5-2/h6-10,12H,4-5,13,26H2,1-3H3. The number of esters is 1. The molecule has 6 nitrogen and oxygen atoms in total. The fourth-order valence-corrected chi connectivity index (χ4v) is 3.77. The first-order valence-corrected chi connectivity index (χ1v) is 10.1. The van der Waals surface area contributed by atoms with Gasteiger partial charge in [0.2, 0.25) is 0 Å². The lowest BCUT2D eigenvalue weighted by Crippen LogP contribution is -2.10. The molecule has 0 bridgehead atoms. The van der Waals surface area contributed by atoms with Gasteiger partial charge in [0.25, 0.3) is 0 Å². The van der Waals surface area contributed by atoms with E-state index in [9.17, 15) is 10.1 Å². The van der Waals surface area contributed by atoms with Gasteiger partial charge in [-0.15, -0.1) is 0 Å². The van der Waals surface area contributed by atoms with E-state index in [0.717, 1.165) is 34.5 Å². The molecule has 154 valence electrons. The van der Waals surface area contributed by atoms with Crippen LogP contribution in [0.25, 0.3) is 11.1 Å². The highest BCUT2D eigenvalue weighted by Gasteiger charge is 2.21. The Labute approximate surface area is 180 Å². The van der Waals surface area contributed by atoms with Crippen LogP contribution in [0.15, 0.2) is 36.5 Å². The van der Waals surface area contributed by atoms with Crippen molar-refractivity contribution in [3.05, 3.63) is 69.8 Å². The predicted molar refractivity (Wildman–Crippen MR) is 117 cm³/mol. The summed E-state index contributed by atoms with van der Waals surface area (Å²) in [5, 5.41) is 9.96. The molecule has 0 amide bonds. The number of carbonyl (C=O) groups excluding carboxylic acids is 1. The molecule has 1 aromatic carbocycles. The van der Waals surface area contributed by atoms with E-state index < -0.39 is 5.97 Å². The number of halogens is 1. The molecule has 0 spiro atoms. The number of pyridine rings is 1. The monoisotopic (exact) mass is 422 g/mol. The van der Waals surface area contributed by atoms with Crippen LogP contribution in [0.3, 0.4) is 0 Å². The fraction of sp³-hybridized carbons (Fsp3) is 0.261. The molecule has 0 atom stereocenters. The zero-order chi connectivity index (χ0) is 21.8. The van der Waals surface area contributed by atoms with Gasteiger partial charge in [-0.2, -0.15) is 5.26 Å². The van der Waals surface area contributed by atoms with Gasteiger partial charge in [0.1, 0.15) is 11.2 Å². The summed E-state index contributed by atoms with van der Waals surface area (Å²) >= 11 is 6.09. The van der Waals surface area contributed by atoms with E-state index in [2.05, 4.69) is 22.5 Å². The van der Waals surface area contributed by atoms with Gasteiger partial charge in [0, 0.05) is 35.4 Å². The molecule has 3 aromatic rings. The summed E-state index contributed by atoms with van der Waals surface area (Å²) in [5.41, 5.74) is 11.9. The molecule has 3 rings (SSSR count). The number of hydrogen-bond acceptors (Lipinski definition) is 5. The van der Waals surface area contributed by atoms with Gasteiger partial charge < -0.3 is 15.0 Å². The topological polar surface area (TPSA) is 93.9 Å². The highest BCUT2D eigenvalue weighted by molar-refractivity contribution is 6.32. The van der Waals surface area contributed by atoms with E-state index in [1.165, 1.54) is 0 Å². The first-order valence-electron chi connectivity index (χ1n) is 9.70. The van der Waals surface area contributed by atoms with Crippen LogP contribution in [0.5, 0.6) is 0 Å². The minimum Gasteiger partial charge on any atom is -0.462 e. The van der Waals surface area contributed by atoms with E-state index in [4.69, 9.17) is 22.1 Å². The number of carbonyl (C=O) groups is 1. The molecule has 7 heteroatoms. The molecule has 0 aliphatic rings. The third-order valence-corrected chi connectivity index (χ3v) is 5.31. The Kier molecular flexibility index (Phi) is 6.43. The zero-order valence-electron chi connectivity index (χ0n) is 17.2. The quantitative estimate of drug-likeness (QED) is 0.351. The maximum atomic E-state index is 12.2. The number of nitrogens with two attached hydrogens (primary N) is 1. The molecule has 0 radical (unpaired) electrons. The highest BCUT2D eigenvalue weighted by atomic mass is 35.5. The first-order chi connectivity index (χ1) is 14.4. The van der Waals surface area contributed by atoms with Crippen LogP contribution in [0.4, 0.5) is 5.69 Å². The average Bonchev–Trinajstić information content (AvgIpc) is 3.00. The zero-order valence-corrected chi connectivity index (χ0v) is 18.0. The molecular formula is C23H23ClN4O2. The highest BCUT2D eigenvalue weighted by Crippen LogP contribution is 2.34. The number of rotatable bonds is 6. The summed E-state index contributed by atoms with van der Waals surface area (Å²) in [6.45, 7) is 6.43. The van der Waals surface area contributed by atoms with Crippen molar-refractivity contribution in [3.8, 4) is 17.2 Å². The van der Waals surface area contributed by atoms with E-state index >= 15 is 0 Å². The Morgan fingerprint density at radius 2 is 2.00 bits per heavy atom. The molecule has 0 saturated heterocycles. The lowest BCUT2D eigenvalue weighted by Gasteiger charge is -2.13. The van der Waals surface area contributed by atoms with Crippen molar-refractivity contribution < 1.29 is 9.53 Å². The van der Waals surface area contributed by atoms with Gasteiger partial charge in [0.15, 0.2) is 0 Å². The van der Waals surface area contributed by atoms with Gasteiger partial charge in [-0.3, -0.25) is 0 Å². The molecule has 30 heavy (non-hydrogen) atoms. The predicted octanol–water partition coefficient (Wildman–Crippen LogP) is 4.75. The van der Waals surface area contributed by atoms with Gasteiger partial charge >= 0.3 is 5.97 Å². The second-order valence-corrected chi connectivity index (χ2v) is 7.22. The van der Waals surface area contributed by atoms with Crippen LogP contribution >= 0.6 is 11.6 Å². The largest absolute Gasteiger partial charge is 0.462 e. The normalized spacial score (nSPS) is 10.6. The Hall–Kier alpha value is -3.30. The number of ether oxygens (including phenoxy) is 1. The van der Waals surface area contributed by atoms with E-state index in [0.29, 0.717) is 17.8 Å². The number of aromatic nitrogens is 2. The molecule has 0 unspecified atom stereocenters. The summed E-state index contributed by atoms with van der Waals surface area (Å²) in [5.74, 6) is -0.503. The second kappa shape index (κ2) is 9.02. The number of benzene rings is 1. The van der Waals surface area contributed by atoms with Crippen molar-refractivity contribution in [2.24, 2.45) is 0 Å². The molecule has 0 aliphatic heterocycles. The minimum absolute atomic E-state index is 0.109. The molecule has 2 N–H and O–H groups in total. The van der Waals surface area contributed by atoms with E-state index in [-0.39, 0.29) is 17.3 Å². The summed E-state index contributed by atoms with van der Waals surface area (Å²) < 4.78 is 7.15. The van der Waals surface area contributed by atoms with Crippen LogP contribution < -0.4 is 5.73 Å². The SMILES string of the molecule is CCOC(=O)c1cc(Cn2c(C)c(C#N)c(-c3ccc(N)cc3)c2CC)cnc1Cl. The fourth-order valence-electron chi connectivity index (χ4n) is 3.59. The second-order valence-electron chi connectivity index (χ2n) is 6.86. The van der Waals surface area contributed by atoms with Crippen LogP contribution in [0.1, 0.15) is 46.7 Å². The maximum Gasteiger partial charge on any atom is 0.341 e. The van der Waals surface area contributed by atoms with Crippen molar-refractivity contribution >= 4 is 23.3 Å². The Morgan fingerprint density at radius 1 is 1.30 bits per heavy atom. The van der Waals surface area contributed by atoms with E-state index in [1.807, 2.05) is 31.2 Å². The molecule has 0 fully saturated rings. The first kappa shape index (κ1) is 21.4. The van der Waals surface area contributed by atoms with Crippen LogP contribution in [0.2, 0.25) is 5.15 Å². The number of hydrogen-bond donors (Lipinski definition) is 1. The maximum absolute atomic E-state index is 12.2. The minimum atomic E-state index is -0.503. The van der Waals surface area contributed by atoms with Crippen molar-refractivity contribution in [1.29, 1.82) is 5.26 Å². The number of anilines is 1. The molecule has 2 heterocycles. The van der Waals surface area contributed by atoms with Gasteiger partial charge in [0.05, 0.1) is 17.7 Å². The Balaban J connectivity index is 2.10. The van der Waals surface area contributed by atoms with Crippen LogP contribution in [-0.4, -0.2) is 22.1 Å². The summed E-state index contributed by atoms with van der Waals surface area (Å²) in [6, 6.07) is 11.6. The summed E-state index contributed by atoms with van der Waals surface area (Å²) in [4.78, 5) is 16.3. The van der Waals surface area contributed by atoms with Crippen molar-refractivity contribution in [1.82, 2.24) is 9.55 Å². The van der Waals surface area contributed by atoms with Crippen molar-refractivity contribution in [3.63, 3.8) is 0 Å². The third-order valence-electron chi connectivity index (χ3n) is 5.01. The van der Waals surface area contributed by atoms with Crippen molar-refractivity contribution in [2.75, 3.05) is 12.3 Å². The smallest absolute Gasteiger partial charge is 0.341 e. The summed E-state index contributed by atoms with van der Waals surface area (Å²) in [7, 11) is 0. The number of nitrogen functional groups attached to an aromatic ring is 1. The molecule has 2 aromatic heterocycles. The van der Waals surface area contributed by atoms with Crippen LogP contribution in [0, 0.1) is 18.3 Å². The lowest BCUT2D eigenvalue weighted by molar-refractivity contribution is 0.0526. The van der Waals surface area contributed by atoms with Crippen molar-refractivity contribution in [2.45, 2.75) is 33.7 Å². The van der Waals surface area contributed by atoms with Gasteiger partial charge in [-0.05, 0) is 49.6 Å². The van der Waals surface area contributed by atoms with Gasteiger partial charge in [-0.1, -0.05) is 30.7 Å². The molecule has 0 aliphatic carbocycles. The third kappa shape index (κ3) is 4.03. The number of nitriles is 1. The van der Waals surface area contributed by atoms with E-state index in [1.54, 1.807) is 19.2 Å². The van der Waals surface area contributed by atoms with Gasteiger partial charge in [-0.25, -0.2) is 9.78 Å². The lowest BCUT2D eigenvalue weighted by atomic mass is 9.99. The Bertz CT molecular complexity index is 1130. The average molecular weight is 423 g/mol. The summed E-state index contributed by atoms with van der Waals surface area (Å²) in [6.07, 6.45) is 2.37.